The van der Waals surface area contributed by atoms with Crippen molar-refractivity contribution in [1.82, 2.24) is 4.98 Å². The number of ether oxygens (including phenoxy) is 1. The zero-order chi connectivity index (χ0) is 17.6. The molecular weight excluding hydrogens is 344 g/mol. The summed E-state index contributed by atoms with van der Waals surface area (Å²) in [6.07, 6.45) is 0.390. The Morgan fingerprint density at radius 2 is 2.00 bits per heavy atom. The van der Waals surface area contributed by atoms with Crippen molar-refractivity contribution in [3.05, 3.63) is 59.4 Å². The van der Waals surface area contributed by atoms with E-state index in [1.165, 1.54) is 0 Å². The van der Waals surface area contributed by atoms with Crippen molar-refractivity contribution in [2.24, 2.45) is 0 Å². The fourth-order valence-corrected chi connectivity index (χ4v) is 2.41. The van der Waals surface area contributed by atoms with Gasteiger partial charge in [0.2, 0.25) is 0 Å². The maximum absolute atomic E-state index is 11.8. The lowest BCUT2D eigenvalue weighted by molar-refractivity contribution is -0.147. The summed E-state index contributed by atoms with van der Waals surface area (Å²) < 4.78 is 10.5. The number of esters is 1. The number of hydrogen-bond donors (Lipinski definition) is 1. The summed E-state index contributed by atoms with van der Waals surface area (Å²) in [5.41, 5.74) is 1.96. The van der Waals surface area contributed by atoms with Gasteiger partial charge in [-0.15, -0.1) is 0 Å². The summed E-state index contributed by atoms with van der Waals surface area (Å²) in [7, 11) is 0. The van der Waals surface area contributed by atoms with Crippen LogP contribution in [0.5, 0.6) is 0 Å². The van der Waals surface area contributed by atoms with Crippen LogP contribution in [0.15, 0.2) is 52.9 Å². The molecule has 3 aromatic rings. The Bertz CT molecular complexity index is 874. The van der Waals surface area contributed by atoms with Gasteiger partial charge in [-0.05, 0) is 30.3 Å². The van der Waals surface area contributed by atoms with Crippen molar-refractivity contribution in [3.63, 3.8) is 0 Å². The molecule has 0 radical (unpaired) electrons. The van der Waals surface area contributed by atoms with Crippen molar-refractivity contribution in [2.75, 3.05) is 11.9 Å². The molecule has 0 fully saturated rings. The highest BCUT2D eigenvalue weighted by Crippen LogP contribution is 2.16. The van der Waals surface area contributed by atoms with Crippen LogP contribution >= 0.6 is 11.6 Å². The number of nitrogens with zero attached hydrogens (tertiary/aromatic N) is 1. The Morgan fingerprint density at radius 3 is 2.80 bits per heavy atom. The molecule has 25 heavy (non-hydrogen) atoms. The first-order valence-corrected chi connectivity index (χ1v) is 8.03. The van der Waals surface area contributed by atoms with Gasteiger partial charge in [0.25, 0.3) is 5.91 Å². The number of hydrogen-bond acceptors (Lipinski definition) is 5. The molecule has 0 saturated carbocycles. The van der Waals surface area contributed by atoms with E-state index in [1.807, 2.05) is 24.3 Å². The fourth-order valence-electron chi connectivity index (χ4n) is 2.22. The minimum absolute atomic E-state index is 0.0806. The van der Waals surface area contributed by atoms with Gasteiger partial charge >= 0.3 is 5.97 Å². The number of halogens is 1. The van der Waals surface area contributed by atoms with Gasteiger partial charge in [0.05, 0.1) is 6.42 Å². The summed E-state index contributed by atoms with van der Waals surface area (Å²) in [5, 5.41) is 3.11. The normalized spacial score (nSPS) is 10.6. The standard InChI is InChI=1S/C18H15ClN2O4/c19-12-4-3-5-13(10-12)20-16(22)11-24-18(23)9-8-17-21-14-6-1-2-7-15(14)25-17/h1-7,10H,8-9,11H2,(H,20,22). The largest absolute Gasteiger partial charge is 0.456 e. The number of aromatic nitrogens is 1. The SMILES string of the molecule is O=C(COC(=O)CCc1nc2ccccc2o1)Nc1cccc(Cl)c1. The van der Waals surface area contributed by atoms with Crippen LogP contribution in [0.2, 0.25) is 5.02 Å². The number of anilines is 1. The van der Waals surface area contributed by atoms with Crippen LogP contribution in [-0.2, 0) is 20.7 Å². The third kappa shape index (κ3) is 4.81. The Kier molecular flexibility index (Phi) is 5.30. The number of aryl methyl sites for hydroxylation is 1. The van der Waals surface area contributed by atoms with Crippen molar-refractivity contribution in [2.45, 2.75) is 12.8 Å². The van der Waals surface area contributed by atoms with E-state index < -0.39 is 11.9 Å². The van der Waals surface area contributed by atoms with E-state index in [1.54, 1.807) is 24.3 Å². The third-order valence-electron chi connectivity index (χ3n) is 3.35. The predicted molar refractivity (Wildman–Crippen MR) is 93.4 cm³/mol. The second-order valence-electron chi connectivity index (χ2n) is 5.29. The predicted octanol–water partition coefficient (Wildman–Crippen LogP) is 3.60. The quantitative estimate of drug-likeness (QED) is 0.681. The van der Waals surface area contributed by atoms with Crippen molar-refractivity contribution < 1.29 is 18.7 Å². The first kappa shape index (κ1) is 17.0. The molecule has 0 bridgehead atoms. The molecule has 2 aromatic carbocycles. The van der Waals surface area contributed by atoms with E-state index in [9.17, 15) is 9.59 Å². The van der Waals surface area contributed by atoms with Gasteiger partial charge in [-0.3, -0.25) is 9.59 Å². The van der Waals surface area contributed by atoms with Crippen molar-refractivity contribution >= 4 is 40.3 Å². The van der Waals surface area contributed by atoms with Crippen LogP contribution in [0, 0.1) is 0 Å². The lowest BCUT2D eigenvalue weighted by Gasteiger charge is -2.06. The number of amides is 1. The zero-order valence-corrected chi connectivity index (χ0v) is 14.0. The molecule has 1 heterocycles. The van der Waals surface area contributed by atoms with Crippen LogP contribution in [0.3, 0.4) is 0 Å². The number of nitrogens with one attached hydrogen (secondary N) is 1. The monoisotopic (exact) mass is 358 g/mol. The van der Waals surface area contributed by atoms with E-state index in [4.69, 9.17) is 20.8 Å². The molecule has 1 N–H and O–H groups in total. The van der Waals surface area contributed by atoms with Gasteiger partial charge in [-0.1, -0.05) is 29.8 Å². The highest BCUT2D eigenvalue weighted by Gasteiger charge is 2.11. The lowest BCUT2D eigenvalue weighted by atomic mass is 10.3. The lowest BCUT2D eigenvalue weighted by Crippen LogP contribution is -2.21. The number of benzene rings is 2. The number of carbonyl (C=O) groups is 2. The number of carbonyl (C=O) groups excluding carboxylic acids is 2. The Labute approximate surface area is 148 Å². The number of oxazole rings is 1. The average Bonchev–Trinajstić information content (AvgIpc) is 3.01. The molecule has 3 rings (SSSR count). The number of para-hydroxylation sites is 2. The second kappa shape index (κ2) is 7.81. The molecule has 0 spiro atoms. The molecule has 0 aliphatic heterocycles. The van der Waals surface area contributed by atoms with Crippen LogP contribution in [0.25, 0.3) is 11.1 Å². The molecule has 0 aliphatic carbocycles. The van der Waals surface area contributed by atoms with E-state index in [2.05, 4.69) is 10.3 Å². The minimum Gasteiger partial charge on any atom is -0.456 e. The summed E-state index contributed by atoms with van der Waals surface area (Å²) in [4.78, 5) is 27.8. The van der Waals surface area contributed by atoms with Gasteiger partial charge < -0.3 is 14.5 Å². The summed E-state index contributed by atoms with van der Waals surface area (Å²) in [6.45, 7) is -0.362. The number of fused-ring (bicyclic) bond motifs is 1. The van der Waals surface area contributed by atoms with Gasteiger partial charge in [0.1, 0.15) is 5.52 Å². The molecule has 0 unspecified atom stereocenters. The Balaban J connectivity index is 1.43. The first-order valence-electron chi connectivity index (χ1n) is 7.65. The molecule has 0 aliphatic rings. The van der Waals surface area contributed by atoms with Gasteiger partial charge in [-0.25, -0.2) is 4.98 Å². The molecule has 6 nitrogen and oxygen atoms in total. The third-order valence-corrected chi connectivity index (χ3v) is 3.59. The van der Waals surface area contributed by atoms with E-state index in [-0.39, 0.29) is 13.0 Å². The van der Waals surface area contributed by atoms with Crippen LogP contribution in [-0.4, -0.2) is 23.5 Å². The van der Waals surface area contributed by atoms with Gasteiger partial charge in [-0.2, -0.15) is 0 Å². The topological polar surface area (TPSA) is 81.4 Å². The highest BCUT2D eigenvalue weighted by atomic mass is 35.5. The Morgan fingerprint density at radius 1 is 1.16 bits per heavy atom. The van der Waals surface area contributed by atoms with E-state index >= 15 is 0 Å². The van der Waals surface area contributed by atoms with Crippen molar-refractivity contribution in [3.8, 4) is 0 Å². The first-order chi connectivity index (χ1) is 12.1. The molecule has 128 valence electrons. The molecule has 0 saturated heterocycles. The molecule has 1 amide bonds. The summed E-state index contributed by atoms with van der Waals surface area (Å²) in [5.74, 6) is -0.470. The van der Waals surface area contributed by atoms with Gasteiger partial charge in [0.15, 0.2) is 18.1 Å². The van der Waals surface area contributed by atoms with Crippen molar-refractivity contribution in [1.29, 1.82) is 0 Å². The fraction of sp³-hybridized carbons (Fsp3) is 0.167. The van der Waals surface area contributed by atoms with Gasteiger partial charge in [0, 0.05) is 17.1 Å². The van der Waals surface area contributed by atoms with E-state index in [0.29, 0.717) is 28.6 Å². The van der Waals surface area contributed by atoms with E-state index in [0.717, 1.165) is 5.52 Å². The molecule has 7 heteroatoms. The van der Waals surface area contributed by atoms with Crippen LogP contribution in [0.1, 0.15) is 12.3 Å². The molecule has 0 atom stereocenters. The maximum Gasteiger partial charge on any atom is 0.306 e. The van der Waals surface area contributed by atoms with Crippen LogP contribution < -0.4 is 5.32 Å². The number of rotatable bonds is 6. The summed E-state index contributed by atoms with van der Waals surface area (Å²) in [6, 6.07) is 14.1. The zero-order valence-electron chi connectivity index (χ0n) is 13.2. The van der Waals surface area contributed by atoms with Crippen LogP contribution in [0.4, 0.5) is 5.69 Å². The second-order valence-corrected chi connectivity index (χ2v) is 5.73. The summed E-state index contributed by atoms with van der Waals surface area (Å²) >= 11 is 5.83. The average molecular weight is 359 g/mol. The smallest absolute Gasteiger partial charge is 0.306 e. The maximum atomic E-state index is 11.8. The Hall–Kier alpha value is -2.86. The molecular formula is C18H15ClN2O4. The minimum atomic E-state index is -0.497. The molecule has 1 aromatic heterocycles. The highest BCUT2D eigenvalue weighted by molar-refractivity contribution is 6.30.